The van der Waals surface area contributed by atoms with Gasteiger partial charge in [0.1, 0.15) is 0 Å². The van der Waals surface area contributed by atoms with E-state index in [1.165, 1.54) is 0 Å². The monoisotopic (exact) mass is 252 g/mol. The second-order valence-electron chi connectivity index (χ2n) is 5.29. The van der Waals surface area contributed by atoms with Crippen molar-refractivity contribution in [3.63, 3.8) is 0 Å². The van der Waals surface area contributed by atoms with Gasteiger partial charge in [0.25, 0.3) is 0 Å². The summed E-state index contributed by atoms with van der Waals surface area (Å²) in [4.78, 5) is 11.2. The summed E-state index contributed by atoms with van der Waals surface area (Å²) in [5.74, 6) is -0.183. The van der Waals surface area contributed by atoms with Crippen molar-refractivity contribution in [3.8, 4) is 0 Å². The third kappa shape index (κ3) is 2.32. The van der Waals surface area contributed by atoms with Gasteiger partial charge in [-0.3, -0.25) is 4.79 Å². The van der Waals surface area contributed by atoms with E-state index in [-0.39, 0.29) is 0 Å². The molecule has 0 saturated heterocycles. The maximum absolute atomic E-state index is 11.2. The zero-order valence-corrected chi connectivity index (χ0v) is 10.9. The summed E-state index contributed by atoms with van der Waals surface area (Å²) in [6, 6.07) is 5.73. The molecule has 0 unspecified atom stereocenters. The van der Waals surface area contributed by atoms with Gasteiger partial charge >= 0.3 is 5.97 Å². The van der Waals surface area contributed by atoms with Crippen molar-refractivity contribution >= 4 is 17.6 Å². The number of benzene rings is 1. The number of halogens is 1. The standard InChI is InChI=1S/C14H17ClO2/c1-9(2)7-10-3-4-11(8-12(10)15)14(5-6-14)13(16)17/h3-4,8-9H,5-7H2,1-2H3,(H,16,17). The van der Waals surface area contributed by atoms with Gasteiger partial charge < -0.3 is 5.11 Å². The highest BCUT2D eigenvalue weighted by molar-refractivity contribution is 6.31. The van der Waals surface area contributed by atoms with Crippen molar-refractivity contribution in [2.75, 3.05) is 0 Å². The fourth-order valence-corrected chi connectivity index (χ4v) is 2.46. The fourth-order valence-electron chi connectivity index (χ4n) is 2.20. The third-order valence-corrected chi connectivity index (χ3v) is 3.75. The molecule has 0 aromatic heterocycles. The van der Waals surface area contributed by atoms with Gasteiger partial charge in [0.15, 0.2) is 0 Å². The maximum Gasteiger partial charge on any atom is 0.314 e. The van der Waals surface area contributed by atoms with Crippen molar-refractivity contribution in [2.45, 2.75) is 38.5 Å². The van der Waals surface area contributed by atoms with Crippen LogP contribution in [0.2, 0.25) is 5.02 Å². The highest BCUT2D eigenvalue weighted by Gasteiger charge is 2.51. The molecule has 17 heavy (non-hydrogen) atoms. The van der Waals surface area contributed by atoms with Crippen LogP contribution in [0.5, 0.6) is 0 Å². The number of hydrogen-bond acceptors (Lipinski definition) is 1. The van der Waals surface area contributed by atoms with Crippen LogP contribution in [0.3, 0.4) is 0 Å². The van der Waals surface area contributed by atoms with Crippen LogP contribution in [0.1, 0.15) is 37.8 Å². The summed E-state index contributed by atoms with van der Waals surface area (Å²) in [7, 11) is 0. The summed E-state index contributed by atoms with van der Waals surface area (Å²) in [6.07, 6.45) is 2.38. The number of carbonyl (C=O) groups is 1. The minimum atomic E-state index is -0.731. The van der Waals surface area contributed by atoms with E-state index in [1.807, 2.05) is 18.2 Å². The molecular weight excluding hydrogens is 236 g/mol. The summed E-state index contributed by atoms with van der Waals surface area (Å²) in [5.41, 5.74) is 1.30. The largest absolute Gasteiger partial charge is 0.481 e. The molecular formula is C14H17ClO2. The lowest BCUT2D eigenvalue weighted by atomic mass is 9.93. The summed E-state index contributed by atoms with van der Waals surface area (Å²) >= 11 is 6.22. The predicted molar refractivity (Wildman–Crippen MR) is 68.5 cm³/mol. The number of hydrogen-bond donors (Lipinski definition) is 1. The summed E-state index contributed by atoms with van der Waals surface area (Å²) in [6.45, 7) is 4.29. The SMILES string of the molecule is CC(C)Cc1ccc(C2(C(=O)O)CC2)cc1Cl. The Hall–Kier alpha value is -1.02. The van der Waals surface area contributed by atoms with Crippen LogP contribution in [-0.4, -0.2) is 11.1 Å². The second-order valence-corrected chi connectivity index (χ2v) is 5.70. The van der Waals surface area contributed by atoms with Gasteiger partial charge in [0.05, 0.1) is 5.41 Å². The Labute approximate surface area is 107 Å². The molecule has 1 aliphatic rings. The molecule has 2 rings (SSSR count). The molecule has 0 spiro atoms. The molecule has 0 amide bonds. The molecule has 0 bridgehead atoms. The van der Waals surface area contributed by atoms with Crippen molar-refractivity contribution in [3.05, 3.63) is 34.3 Å². The van der Waals surface area contributed by atoms with Crippen LogP contribution in [-0.2, 0) is 16.6 Å². The Morgan fingerprint density at radius 3 is 2.53 bits per heavy atom. The van der Waals surface area contributed by atoms with E-state index >= 15 is 0 Å². The Bertz CT molecular complexity index is 448. The first kappa shape index (κ1) is 12.4. The van der Waals surface area contributed by atoms with Crippen LogP contribution in [0, 0.1) is 5.92 Å². The van der Waals surface area contributed by atoms with Crippen molar-refractivity contribution in [1.82, 2.24) is 0 Å². The van der Waals surface area contributed by atoms with Gasteiger partial charge in [-0.2, -0.15) is 0 Å². The highest BCUT2D eigenvalue weighted by atomic mass is 35.5. The molecule has 0 atom stereocenters. The predicted octanol–water partition coefficient (Wildman–Crippen LogP) is 3.65. The molecule has 0 heterocycles. The van der Waals surface area contributed by atoms with E-state index < -0.39 is 11.4 Å². The lowest BCUT2D eigenvalue weighted by Gasteiger charge is -2.13. The third-order valence-electron chi connectivity index (χ3n) is 3.39. The molecule has 3 heteroatoms. The first-order valence-corrected chi connectivity index (χ1v) is 6.36. The minimum absolute atomic E-state index is 0.549. The van der Waals surface area contributed by atoms with Gasteiger partial charge in [-0.05, 0) is 42.4 Å². The normalized spacial score (nSPS) is 17.2. The van der Waals surface area contributed by atoms with Gasteiger partial charge in [-0.1, -0.05) is 37.6 Å². The van der Waals surface area contributed by atoms with Gasteiger partial charge in [0, 0.05) is 5.02 Å². The summed E-state index contributed by atoms with van der Waals surface area (Å²) < 4.78 is 0. The number of aliphatic carboxylic acids is 1. The lowest BCUT2D eigenvalue weighted by Crippen LogP contribution is -2.19. The quantitative estimate of drug-likeness (QED) is 0.888. The van der Waals surface area contributed by atoms with Crippen LogP contribution in [0.15, 0.2) is 18.2 Å². The first-order valence-electron chi connectivity index (χ1n) is 5.98. The maximum atomic E-state index is 11.2. The minimum Gasteiger partial charge on any atom is -0.481 e. The van der Waals surface area contributed by atoms with E-state index in [2.05, 4.69) is 13.8 Å². The van der Waals surface area contributed by atoms with Crippen LogP contribution < -0.4 is 0 Å². The Balaban J connectivity index is 2.28. The van der Waals surface area contributed by atoms with Crippen LogP contribution >= 0.6 is 11.6 Å². The van der Waals surface area contributed by atoms with E-state index in [9.17, 15) is 9.90 Å². The molecule has 1 aromatic carbocycles. The molecule has 1 saturated carbocycles. The molecule has 0 radical (unpaired) electrons. The number of carboxylic acids is 1. The molecule has 0 aliphatic heterocycles. The van der Waals surface area contributed by atoms with Crippen molar-refractivity contribution in [1.29, 1.82) is 0 Å². The van der Waals surface area contributed by atoms with Crippen LogP contribution in [0.25, 0.3) is 0 Å². The average Bonchev–Trinajstić information content (AvgIpc) is 3.01. The molecule has 1 aromatic rings. The van der Waals surface area contributed by atoms with Gasteiger partial charge in [-0.15, -0.1) is 0 Å². The second kappa shape index (κ2) is 4.34. The fraction of sp³-hybridized carbons (Fsp3) is 0.500. The lowest BCUT2D eigenvalue weighted by molar-refractivity contribution is -0.140. The van der Waals surface area contributed by atoms with Crippen molar-refractivity contribution < 1.29 is 9.90 Å². The number of rotatable bonds is 4. The molecule has 1 aliphatic carbocycles. The zero-order chi connectivity index (χ0) is 12.6. The van der Waals surface area contributed by atoms with E-state index in [4.69, 9.17) is 11.6 Å². The number of carboxylic acid groups (broad SMARTS) is 1. The van der Waals surface area contributed by atoms with E-state index in [0.717, 1.165) is 30.4 Å². The van der Waals surface area contributed by atoms with Crippen LogP contribution in [0.4, 0.5) is 0 Å². The summed E-state index contributed by atoms with van der Waals surface area (Å²) in [5, 5.41) is 9.92. The van der Waals surface area contributed by atoms with E-state index in [1.54, 1.807) is 0 Å². The van der Waals surface area contributed by atoms with Gasteiger partial charge in [-0.25, -0.2) is 0 Å². The average molecular weight is 253 g/mol. The first-order chi connectivity index (χ1) is 7.95. The highest BCUT2D eigenvalue weighted by Crippen LogP contribution is 2.49. The zero-order valence-electron chi connectivity index (χ0n) is 10.2. The molecule has 1 N–H and O–H groups in total. The Morgan fingerprint density at radius 1 is 1.47 bits per heavy atom. The van der Waals surface area contributed by atoms with Crippen molar-refractivity contribution in [2.24, 2.45) is 5.92 Å². The van der Waals surface area contributed by atoms with E-state index in [0.29, 0.717) is 10.9 Å². The molecule has 2 nitrogen and oxygen atoms in total. The smallest absolute Gasteiger partial charge is 0.314 e. The van der Waals surface area contributed by atoms with Gasteiger partial charge in [0.2, 0.25) is 0 Å². The Kier molecular flexibility index (Phi) is 3.17. The topological polar surface area (TPSA) is 37.3 Å². The molecule has 1 fully saturated rings. The Morgan fingerprint density at radius 2 is 2.12 bits per heavy atom. The molecule has 92 valence electrons.